The third-order valence-electron chi connectivity index (χ3n) is 2.58. The minimum absolute atomic E-state index is 0.0981. The first-order valence-electron chi connectivity index (χ1n) is 6.63. The Morgan fingerprint density at radius 3 is 2.60 bits per heavy atom. The van der Waals surface area contributed by atoms with Crippen molar-refractivity contribution < 1.29 is 4.79 Å². The van der Waals surface area contributed by atoms with Crippen LogP contribution in [0.2, 0.25) is 0 Å². The zero-order valence-corrected chi connectivity index (χ0v) is 12.7. The lowest BCUT2D eigenvalue weighted by Crippen LogP contribution is -2.46. The molecule has 0 aliphatic carbocycles. The molecule has 0 aliphatic heterocycles. The Morgan fingerprint density at radius 2 is 2.00 bits per heavy atom. The Bertz CT molecular complexity index is 521. The summed E-state index contributed by atoms with van der Waals surface area (Å²) < 4.78 is 0. The molecule has 0 radical (unpaired) electrons. The van der Waals surface area contributed by atoms with Crippen molar-refractivity contribution in [2.75, 3.05) is 13.6 Å². The number of urea groups is 1. The summed E-state index contributed by atoms with van der Waals surface area (Å²) in [5.41, 5.74) is 7.08. The molecule has 2 amide bonds. The van der Waals surface area contributed by atoms with Crippen LogP contribution in [0.15, 0.2) is 24.3 Å². The van der Waals surface area contributed by atoms with Crippen LogP contribution in [0.4, 0.5) is 4.79 Å². The van der Waals surface area contributed by atoms with E-state index in [0.29, 0.717) is 13.1 Å². The van der Waals surface area contributed by atoms with Crippen molar-refractivity contribution in [1.82, 2.24) is 10.2 Å². The van der Waals surface area contributed by atoms with E-state index in [2.05, 4.69) is 17.2 Å². The van der Waals surface area contributed by atoms with Gasteiger partial charge in [0.1, 0.15) is 0 Å². The Labute approximate surface area is 121 Å². The molecule has 0 bridgehead atoms. The van der Waals surface area contributed by atoms with Crippen LogP contribution in [0, 0.1) is 11.8 Å². The van der Waals surface area contributed by atoms with Crippen LogP contribution in [0.3, 0.4) is 0 Å². The molecule has 0 saturated carbocycles. The fourth-order valence-corrected chi connectivity index (χ4v) is 1.67. The third kappa shape index (κ3) is 5.33. The topological polar surface area (TPSA) is 58.4 Å². The summed E-state index contributed by atoms with van der Waals surface area (Å²) in [5.74, 6) is 5.88. The van der Waals surface area contributed by atoms with Crippen LogP contribution in [0.1, 0.15) is 31.9 Å². The highest BCUT2D eigenvalue weighted by molar-refractivity contribution is 5.74. The third-order valence-corrected chi connectivity index (χ3v) is 2.58. The summed E-state index contributed by atoms with van der Waals surface area (Å²) in [6, 6.07) is 7.69. The number of nitrogens with two attached hydrogens (primary N) is 1. The van der Waals surface area contributed by atoms with Gasteiger partial charge >= 0.3 is 6.03 Å². The molecule has 0 heterocycles. The lowest BCUT2D eigenvalue weighted by Gasteiger charge is -2.26. The minimum Gasteiger partial charge on any atom is -0.333 e. The standard InChI is InChI=1S/C16H23N3O/c1-16(2,3)18-15(20)19(4)12-14-9-6-5-8-13(14)10-7-11-17/h5-6,8-9H,11-12,17H2,1-4H3,(H,18,20). The first kappa shape index (κ1) is 16.1. The van der Waals surface area contributed by atoms with Gasteiger partial charge in [-0.15, -0.1) is 0 Å². The first-order chi connectivity index (χ1) is 9.33. The van der Waals surface area contributed by atoms with Crippen molar-refractivity contribution in [1.29, 1.82) is 0 Å². The van der Waals surface area contributed by atoms with E-state index in [0.717, 1.165) is 11.1 Å². The van der Waals surface area contributed by atoms with Crippen molar-refractivity contribution in [3.05, 3.63) is 35.4 Å². The second kappa shape index (κ2) is 6.97. The van der Waals surface area contributed by atoms with E-state index in [-0.39, 0.29) is 11.6 Å². The Balaban J connectivity index is 2.80. The van der Waals surface area contributed by atoms with Crippen LogP contribution in [-0.2, 0) is 6.54 Å². The molecule has 0 aromatic heterocycles. The van der Waals surface area contributed by atoms with Gasteiger partial charge in [-0.2, -0.15) is 0 Å². The van der Waals surface area contributed by atoms with Crippen molar-refractivity contribution in [3.8, 4) is 11.8 Å². The zero-order valence-electron chi connectivity index (χ0n) is 12.7. The molecule has 4 nitrogen and oxygen atoms in total. The van der Waals surface area contributed by atoms with Gasteiger partial charge in [0.15, 0.2) is 0 Å². The first-order valence-corrected chi connectivity index (χ1v) is 6.63. The smallest absolute Gasteiger partial charge is 0.317 e. The van der Waals surface area contributed by atoms with Gasteiger partial charge in [-0.1, -0.05) is 30.0 Å². The molecule has 4 heteroatoms. The molecular weight excluding hydrogens is 250 g/mol. The average molecular weight is 273 g/mol. The van der Waals surface area contributed by atoms with Gasteiger partial charge in [0, 0.05) is 24.7 Å². The number of hydrogen-bond donors (Lipinski definition) is 2. The molecule has 1 aromatic rings. The highest BCUT2D eigenvalue weighted by atomic mass is 16.2. The van der Waals surface area contributed by atoms with Gasteiger partial charge in [0.25, 0.3) is 0 Å². The second-order valence-corrected chi connectivity index (χ2v) is 5.70. The normalized spacial score (nSPS) is 10.4. The predicted octanol–water partition coefficient (Wildman–Crippen LogP) is 1.94. The Kier molecular flexibility index (Phi) is 5.60. The number of nitrogens with one attached hydrogen (secondary N) is 1. The van der Waals surface area contributed by atoms with Gasteiger partial charge in [-0.05, 0) is 32.4 Å². The molecule has 3 N–H and O–H groups in total. The van der Waals surface area contributed by atoms with Gasteiger partial charge in [-0.3, -0.25) is 0 Å². The van der Waals surface area contributed by atoms with E-state index in [1.165, 1.54) is 0 Å². The fraction of sp³-hybridized carbons (Fsp3) is 0.438. The van der Waals surface area contributed by atoms with Crippen LogP contribution >= 0.6 is 0 Å². The van der Waals surface area contributed by atoms with Crippen LogP contribution in [0.25, 0.3) is 0 Å². The molecule has 1 aromatic carbocycles. The Morgan fingerprint density at radius 1 is 1.35 bits per heavy atom. The van der Waals surface area contributed by atoms with E-state index < -0.39 is 0 Å². The zero-order chi connectivity index (χ0) is 15.2. The molecular formula is C16H23N3O. The maximum absolute atomic E-state index is 12.0. The van der Waals surface area contributed by atoms with Gasteiger partial charge in [0.2, 0.25) is 0 Å². The quantitative estimate of drug-likeness (QED) is 0.809. The highest BCUT2D eigenvalue weighted by Gasteiger charge is 2.17. The number of rotatable bonds is 2. The molecule has 0 unspecified atom stereocenters. The molecule has 0 aliphatic rings. The van der Waals surface area contributed by atoms with E-state index in [1.54, 1.807) is 11.9 Å². The molecule has 1 rings (SSSR count). The summed E-state index contributed by atoms with van der Waals surface area (Å²) in [4.78, 5) is 13.7. The van der Waals surface area contributed by atoms with Crippen molar-refractivity contribution >= 4 is 6.03 Å². The van der Waals surface area contributed by atoms with Crippen LogP contribution in [-0.4, -0.2) is 30.1 Å². The minimum atomic E-state index is -0.246. The van der Waals surface area contributed by atoms with E-state index >= 15 is 0 Å². The summed E-state index contributed by atoms with van der Waals surface area (Å²) in [6.45, 7) is 6.71. The molecule has 0 spiro atoms. The lowest BCUT2D eigenvalue weighted by atomic mass is 10.1. The molecule has 20 heavy (non-hydrogen) atoms. The van der Waals surface area contributed by atoms with Crippen molar-refractivity contribution in [3.63, 3.8) is 0 Å². The predicted molar refractivity (Wildman–Crippen MR) is 82.1 cm³/mol. The van der Waals surface area contributed by atoms with Crippen LogP contribution in [0.5, 0.6) is 0 Å². The number of benzene rings is 1. The number of carbonyl (C=O) groups excluding carboxylic acids is 1. The summed E-state index contributed by atoms with van der Waals surface area (Å²) in [7, 11) is 1.77. The maximum atomic E-state index is 12.0. The molecule has 0 atom stereocenters. The van der Waals surface area contributed by atoms with E-state index in [4.69, 9.17) is 5.73 Å². The van der Waals surface area contributed by atoms with Crippen LogP contribution < -0.4 is 11.1 Å². The average Bonchev–Trinajstić information content (AvgIpc) is 2.35. The highest BCUT2D eigenvalue weighted by Crippen LogP contribution is 2.10. The summed E-state index contributed by atoms with van der Waals surface area (Å²) >= 11 is 0. The van der Waals surface area contributed by atoms with Gasteiger partial charge in [0.05, 0.1) is 6.54 Å². The van der Waals surface area contributed by atoms with Gasteiger partial charge in [-0.25, -0.2) is 4.79 Å². The monoisotopic (exact) mass is 273 g/mol. The summed E-state index contributed by atoms with van der Waals surface area (Å²) in [5, 5.41) is 2.93. The van der Waals surface area contributed by atoms with Gasteiger partial charge < -0.3 is 16.0 Å². The van der Waals surface area contributed by atoms with Crippen molar-refractivity contribution in [2.24, 2.45) is 5.73 Å². The van der Waals surface area contributed by atoms with E-state index in [9.17, 15) is 4.79 Å². The summed E-state index contributed by atoms with van der Waals surface area (Å²) in [6.07, 6.45) is 0. The van der Waals surface area contributed by atoms with Crippen molar-refractivity contribution in [2.45, 2.75) is 32.9 Å². The molecule has 0 saturated heterocycles. The molecule has 108 valence electrons. The lowest BCUT2D eigenvalue weighted by molar-refractivity contribution is 0.197. The number of carbonyl (C=O) groups is 1. The maximum Gasteiger partial charge on any atom is 0.317 e. The second-order valence-electron chi connectivity index (χ2n) is 5.70. The number of nitrogens with zero attached hydrogens (tertiary/aromatic N) is 1. The largest absolute Gasteiger partial charge is 0.333 e. The molecule has 0 fully saturated rings. The fourth-order valence-electron chi connectivity index (χ4n) is 1.67. The number of amides is 2. The van der Waals surface area contributed by atoms with E-state index in [1.807, 2.05) is 45.0 Å². The Hall–Kier alpha value is -1.99. The SMILES string of the molecule is CN(Cc1ccccc1C#CCN)C(=O)NC(C)(C)C. The number of hydrogen-bond acceptors (Lipinski definition) is 2.